The number of carbonyl (C=O) groups is 1. The normalized spacial score (nSPS) is 14.5. The van der Waals surface area contributed by atoms with Gasteiger partial charge in [0.05, 0.1) is 17.6 Å². The van der Waals surface area contributed by atoms with Crippen molar-refractivity contribution in [2.75, 3.05) is 12.4 Å². The van der Waals surface area contributed by atoms with E-state index < -0.39 is 21.7 Å². The van der Waals surface area contributed by atoms with Crippen LogP contribution in [0.2, 0.25) is 0 Å². The highest BCUT2D eigenvalue weighted by molar-refractivity contribution is 7.89. The van der Waals surface area contributed by atoms with Crippen molar-refractivity contribution in [3.8, 4) is 5.75 Å². The Balaban J connectivity index is 1.87. The van der Waals surface area contributed by atoms with Crippen LogP contribution in [0.4, 0.5) is 10.1 Å². The van der Waals surface area contributed by atoms with Gasteiger partial charge in [-0.3, -0.25) is 4.79 Å². The smallest absolute Gasteiger partial charge is 0.259 e. The van der Waals surface area contributed by atoms with Gasteiger partial charge in [0.2, 0.25) is 10.0 Å². The summed E-state index contributed by atoms with van der Waals surface area (Å²) >= 11 is 0. The van der Waals surface area contributed by atoms with Crippen molar-refractivity contribution in [1.82, 2.24) is 4.72 Å². The molecule has 26 heavy (non-hydrogen) atoms. The highest BCUT2D eigenvalue weighted by atomic mass is 32.2. The molecule has 0 aliphatic heterocycles. The first-order chi connectivity index (χ1) is 12.4. The number of sulfonamides is 1. The van der Waals surface area contributed by atoms with Crippen molar-refractivity contribution < 1.29 is 22.3 Å². The molecule has 0 unspecified atom stereocenters. The molecule has 1 saturated carbocycles. The largest absolute Gasteiger partial charge is 0.496 e. The summed E-state index contributed by atoms with van der Waals surface area (Å²) in [6.07, 6.45) is 2.63. The van der Waals surface area contributed by atoms with E-state index in [1.807, 2.05) is 0 Å². The molecule has 3 rings (SSSR count). The number of halogens is 1. The maximum Gasteiger partial charge on any atom is 0.259 e. The summed E-state index contributed by atoms with van der Waals surface area (Å²) in [6, 6.07) is 9.32. The average Bonchev–Trinajstić information content (AvgIpc) is 2.59. The van der Waals surface area contributed by atoms with Crippen molar-refractivity contribution in [2.24, 2.45) is 0 Å². The number of carbonyl (C=O) groups excluding carboxylic acids is 1. The van der Waals surface area contributed by atoms with E-state index in [1.165, 1.54) is 49.6 Å². The Morgan fingerprint density at radius 2 is 1.85 bits per heavy atom. The van der Waals surface area contributed by atoms with E-state index in [1.54, 1.807) is 0 Å². The zero-order valence-corrected chi connectivity index (χ0v) is 15.0. The van der Waals surface area contributed by atoms with E-state index in [4.69, 9.17) is 4.74 Å². The van der Waals surface area contributed by atoms with Crippen molar-refractivity contribution in [2.45, 2.75) is 30.2 Å². The highest BCUT2D eigenvalue weighted by Gasteiger charge is 2.26. The lowest BCUT2D eigenvalue weighted by Gasteiger charge is -2.26. The summed E-state index contributed by atoms with van der Waals surface area (Å²) < 4.78 is 45.7. The highest BCUT2D eigenvalue weighted by Crippen LogP contribution is 2.26. The van der Waals surface area contributed by atoms with Crippen LogP contribution in [0.3, 0.4) is 0 Å². The van der Waals surface area contributed by atoms with Crippen LogP contribution in [0, 0.1) is 5.82 Å². The van der Waals surface area contributed by atoms with Crippen LogP contribution in [-0.4, -0.2) is 27.5 Å². The number of hydrogen-bond donors (Lipinski definition) is 2. The summed E-state index contributed by atoms with van der Waals surface area (Å²) in [5, 5.41) is 2.60. The van der Waals surface area contributed by atoms with E-state index in [0.29, 0.717) is 5.69 Å². The Morgan fingerprint density at radius 3 is 2.42 bits per heavy atom. The molecule has 2 aromatic rings. The van der Waals surface area contributed by atoms with Crippen molar-refractivity contribution in [1.29, 1.82) is 0 Å². The quantitative estimate of drug-likeness (QED) is 0.809. The van der Waals surface area contributed by atoms with Gasteiger partial charge in [0.1, 0.15) is 11.6 Å². The number of ether oxygens (including phenoxy) is 1. The number of amides is 1. The average molecular weight is 378 g/mol. The first-order valence-corrected chi connectivity index (χ1v) is 9.64. The summed E-state index contributed by atoms with van der Waals surface area (Å²) in [7, 11) is -2.32. The predicted octanol–water partition coefficient (Wildman–Crippen LogP) is 2.92. The molecule has 0 atom stereocenters. The second-order valence-corrected chi connectivity index (χ2v) is 7.79. The first-order valence-electron chi connectivity index (χ1n) is 8.16. The molecule has 1 aliphatic rings. The lowest BCUT2D eigenvalue weighted by Crippen LogP contribution is -2.39. The lowest BCUT2D eigenvalue weighted by atomic mass is 9.94. The van der Waals surface area contributed by atoms with Crippen molar-refractivity contribution in [3.05, 3.63) is 53.8 Å². The molecule has 1 amide bonds. The molecule has 1 fully saturated rings. The zero-order valence-electron chi connectivity index (χ0n) is 14.2. The van der Waals surface area contributed by atoms with Crippen LogP contribution in [0.25, 0.3) is 0 Å². The second kappa shape index (κ2) is 7.43. The summed E-state index contributed by atoms with van der Waals surface area (Å²) in [6.45, 7) is 0. The van der Waals surface area contributed by atoms with Gasteiger partial charge in [0.15, 0.2) is 0 Å². The molecule has 138 valence electrons. The molecule has 0 heterocycles. The van der Waals surface area contributed by atoms with E-state index >= 15 is 0 Å². The molecular weight excluding hydrogens is 359 g/mol. The predicted molar refractivity (Wildman–Crippen MR) is 95.3 cm³/mol. The van der Waals surface area contributed by atoms with E-state index in [-0.39, 0.29) is 22.3 Å². The molecule has 8 heteroatoms. The Hall–Kier alpha value is -2.45. The molecule has 2 N–H and O–H groups in total. The van der Waals surface area contributed by atoms with E-state index in [0.717, 1.165) is 19.3 Å². The first kappa shape index (κ1) is 18.3. The standard InChI is InChI=1S/C18H19FN2O4S/c1-25-17-10-9-15(26(23,24)21-14-3-2-4-14)11-16(17)18(22)20-13-7-5-12(19)6-8-13/h5-11,14,21H,2-4H2,1H3,(H,20,22). The van der Waals surface area contributed by atoms with Gasteiger partial charge in [0, 0.05) is 11.7 Å². The van der Waals surface area contributed by atoms with Gasteiger partial charge in [-0.15, -0.1) is 0 Å². The zero-order chi connectivity index (χ0) is 18.7. The third kappa shape index (κ3) is 4.03. The number of methoxy groups -OCH3 is 1. The fourth-order valence-electron chi connectivity index (χ4n) is 2.58. The number of nitrogens with one attached hydrogen (secondary N) is 2. The summed E-state index contributed by atoms with van der Waals surface area (Å²) in [5.74, 6) is -0.725. The third-order valence-electron chi connectivity index (χ3n) is 4.25. The molecule has 0 aromatic heterocycles. The van der Waals surface area contributed by atoms with Gasteiger partial charge in [0.25, 0.3) is 5.91 Å². The Bertz CT molecular complexity index is 909. The maximum absolute atomic E-state index is 13.0. The SMILES string of the molecule is COc1ccc(S(=O)(=O)NC2CCC2)cc1C(=O)Nc1ccc(F)cc1. The van der Waals surface area contributed by atoms with Crippen LogP contribution in [-0.2, 0) is 10.0 Å². The molecule has 1 aliphatic carbocycles. The number of rotatable bonds is 6. The fourth-order valence-corrected chi connectivity index (χ4v) is 3.91. The van der Waals surface area contributed by atoms with Crippen LogP contribution >= 0.6 is 0 Å². The molecule has 2 aromatic carbocycles. The minimum Gasteiger partial charge on any atom is -0.496 e. The van der Waals surface area contributed by atoms with Crippen molar-refractivity contribution >= 4 is 21.6 Å². The topological polar surface area (TPSA) is 84.5 Å². The Morgan fingerprint density at radius 1 is 1.15 bits per heavy atom. The van der Waals surface area contributed by atoms with E-state index in [9.17, 15) is 17.6 Å². The molecule has 0 spiro atoms. The lowest BCUT2D eigenvalue weighted by molar-refractivity contribution is 0.102. The third-order valence-corrected chi connectivity index (χ3v) is 5.77. The Labute approximate surface area is 151 Å². The number of hydrogen-bond acceptors (Lipinski definition) is 4. The minimum absolute atomic E-state index is 0.00513. The summed E-state index contributed by atoms with van der Waals surface area (Å²) in [5.41, 5.74) is 0.465. The fraction of sp³-hybridized carbons (Fsp3) is 0.278. The van der Waals surface area contributed by atoms with Gasteiger partial charge in [-0.25, -0.2) is 17.5 Å². The summed E-state index contributed by atoms with van der Waals surface area (Å²) in [4.78, 5) is 12.5. The minimum atomic E-state index is -3.71. The van der Waals surface area contributed by atoms with Crippen LogP contribution < -0.4 is 14.8 Å². The molecule has 0 radical (unpaired) electrons. The van der Waals surface area contributed by atoms with Gasteiger partial charge in [-0.1, -0.05) is 6.42 Å². The van der Waals surface area contributed by atoms with Gasteiger partial charge >= 0.3 is 0 Å². The van der Waals surface area contributed by atoms with E-state index in [2.05, 4.69) is 10.0 Å². The number of benzene rings is 2. The van der Waals surface area contributed by atoms with Crippen LogP contribution in [0.15, 0.2) is 47.4 Å². The maximum atomic E-state index is 13.0. The number of anilines is 1. The molecule has 0 bridgehead atoms. The molecular formula is C18H19FN2O4S. The van der Waals surface area contributed by atoms with Gasteiger partial charge in [-0.05, 0) is 55.3 Å². The van der Waals surface area contributed by atoms with Gasteiger partial charge in [-0.2, -0.15) is 0 Å². The molecule has 6 nitrogen and oxygen atoms in total. The molecule has 0 saturated heterocycles. The van der Waals surface area contributed by atoms with Crippen molar-refractivity contribution in [3.63, 3.8) is 0 Å². The van der Waals surface area contributed by atoms with Gasteiger partial charge < -0.3 is 10.1 Å². The van der Waals surface area contributed by atoms with Crippen LogP contribution in [0.1, 0.15) is 29.6 Å². The second-order valence-electron chi connectivity index (χ2n) is 6.07. The Kier molecular flexibility index (Phi) is 5.24. The van der Waals surface area contributed by atoms with Crippen LogP contribution in [0.5, 0.6) is 5.75 Å². The monoisotopic (exact) mass is 378 g/mol.